The first-order valence-electron chi connectivity index (χ1n) is 10.1. The van der Waals surface area contributed by atoms with Crippen LogP contribution in [0.1, 0.15) is 29.0 Å². The summed E-state index contributed by atoms with van der Waals surface area (Å²) in [7, 11) is -3.67. The summed E-state index contributed by atoms with van der Waals surface area (Å²) >= 11 is 6.25. The fourth-order valence-electron chi connectivity index (χ4n) is 3.48. The Morgan fingerprint density at radius 3 is 2.62 bits per heavy atom. The van der Waals surface area contributed by atoms with Gasteiger partial charge in [0.25, 0.3) is 5.91 Å². The summed E-state index contributed by atoms with van der Waals surface area (Å²) in [5, 5.41) is 7.19. The average molecular weight is 476 g/mol. The molecule has 1 aromatic heterocycles. The van der Waals surface area contributed by atoms with Gasteiger partial charge in [-0.2, -0.15) is 0 Å². The predicted octanol–water partition coefficient (Wildman–Crippen LogP) is 4.01. The number of hydrogen-bond donors (Lipinski definition) is 2. The Hall–Kier alpha value is -2.72. The van der Waals surface area contributed by atoms with E-state index in [-0.39, 0.29) is 23.1 Å². The van der Waals surface area contributed by atoms with Gasteiger partial charge in [-0.3, -0.25) is 4.79 Å². The zero-order chi connectivity index (χ0) is 22.7. The van der Waals surface area contributed by atoms with E-state index < -0.39 is 15.9 Å². The average Bonchev–Trinajstić information content (AvgIpc) is 3.43. The van der Waals surface area contributed by atoms with Crippen molar-refractivity contribution in [3.8, 4) is 11.3 Å². The Morgan fingerprint density at radius 2 is 1.94 bits per heavy atom. The van der Waals surface area contributed by atoms with Crippen LogP contribution >= 0.6 is 11.6 Å². The minimum Gasteiger partial charge on any atom is -0.377 e. The van der Waals surface area contributed by atoms with Gasteiger partial charge in [0.1, 0.15) is 17.0 Å². The lowest BCUT2D eigenvalue weighted by Crippen LogP contribution is -2.31. The van der Waals surface area contributed by atoms with E-state index >= 15 is 0 Å². The van der Waals surface area contributed by atoms with E-state index in [4.69, 9.17) is 20.9 Å². The molecule has 0 unspecified atom stereocenters. The molecule has 2 N–H and O–H groups in total. The summed E-state index contributed by atoms with van der Waals surface area (Å²) in [6.07, 6.45) is 1.68. The lowest BCUT2D eigenvalue weighted by atomic mass is 10.1. The molecule has 1 atom stereocenters. The molecule has 2 heterocycles. The summed E-state index contributed by atoms with van der Waals surface area (Å²) < 4.78 is 38.2. The summed E-state index contributed by atoms with van der Waals surface area (Å²) in [6.45, 7) is 2.53. The first-order valence-corrected chi connectivity index (χ1v) is 11.9. The molecule has 8 nitrogen and oxygen atoms in total. The fourth-order valence-corrected chi connectivity index (χ4v) is 4.77. The van der Waals surface area contributed by atoms with Crippen molar-refractivity contribution in [1.82, 2.24) is 9.88 Å². The number of benzene rings is 2. The molecule has 0 aliphatic carbocycles. The third-order valence-electron chi connectivity index (χ3n) is 5.17. The number of aromatic nitrogens is 1. The Labute approximate surface area is 190 Å². The number of carbonyl (C=O) groups is 1. The minimum absolute atomic E-state index is 0.0949. The van der Waals surface area contributed by atoms with Gasteiger partial charge >= 0.3 is 0 Å². The van der Waals surface area contributed by atoms with Gasteiger partial charge in [0, 0.05) is 24.4 Å². The highest BCUT2D eigenvalue weighted by Gasteiger charge is 2.24. The quantitative estimate of drug-likeness (QED) is 0.534. The Bertz CT molecular complexity index is 1220. The van der Waals surface area contributed by atoms with E-state index in [1.54, 1.807) is 31.2 Å². The first-order chi connectivity index (χ1) is 15.3. The predicted molar refractivity (Wildman–Crippen MR) is 120 cm³/mol. The topological polar surface area (TPSA) is 111 Å². The van der Waals surface area contributed by atoms with Crippen LogP contribution in [0.2, 0.25) is 5.02 Å². The van der Waals surface area contributed by atoms with Crippen molar-refractivity contribution in [2.24, 2.45) is 0 Å². The van der Waals surface area contributed by atoms with Crippen molar-refractivity contribution in [3.63, 3.8) is 0 Å². The summed E-state index contributed by atoms with van der Waals surface area (Å²) in [5.41, 5.74) is 1.60. The standard InChI is InChI=1S/C22H22ClN3O5S/c1-14-20(21(26-31-14)18-6-2-3-7-19(18)23)22(27)25-15-8-10-17(11-9-15)32(28,29)24-13-16-5-4-12-30-16/h2-3,6-11,16,24H,4-5,12-13H2,1H3,(H,25,27)/t16-/m1/s1. The maximum Gasteiger partial charge on any atom is 0.261 e. The van der Waals surface area contributed by atoms with E-state index in [1.807, 2.05) is 0 Å². The highest BCUT2D eigenvalue weighted by atomic mass is 35.5. The van der Waals surface area contributed by atoms with Crippen molar-refractivity contribution < 1.29 is 22.5 Å². The number of anilines is 1. The van der Waals surface area contributed by atoms with Crippen LogP contribution in [0.25, 0.3) is 11.3 Å². The maximum absolute atomic E-state index is 12.9. The van der Waals surface area contributed by atoms with Crippen LogP contribution in [0, 0.1) is 6.92 Å². The zero-order valence-electron chi connectivity index (χ0n) is 17.3. The molecular weight excluding hydrogens is 454 g/mol. The third-order valence-corrected chi connectivity index (χ3v) is 6.94. The number of nitrogens with zero attached hydrogens (tertiary/aromatic N) is 1. The van der Waals surface area contributed by atoms with Crippen LogP contribution in [-0.4, -0.2) is 38.7 Å². The SMILES string of the molecule is Cc1onc(-c2ccccc2Cl)c1C(=O)Nc1ccc(S(=O)(=O)NC[C@H]2CCCO2)cc1. The van der Waals surface area contributed by atoms with E-state index in [1.165, 1.54) is 24.3 Å². The highest BCUT2D eigenvalue weighted by Crippen LogP contribution is 2.31. The number of hydrogen-bond acceptors (Lipinski definition) is 6. The molecule has 32 heavy (non-hydrogen) atoms. The molecule has 1 aliphatic heterocycles. The molecule has 1 amide bonds. The summed E-state index contributed by atoms with van der Waals surface area (Å²) in [4.78, 5) is 13.0. The molecular formula is C22H22ClN3O5S. The molecule has 4 rings (SSSR count). The molecule has 1 fully saturated rings. The van der Waals surface area contributed by atoms with Crippen molar-refractivity contribution in [2.75, 3.05) is 18.5 Å². The van der Waals surface area contributed by atoms with Crippen LogP contribution < -0.4 is 10.0 Å². The van der Waals surface area contributed by atoms with Gasteiger partial charge in [-0.15, -0.1) is 0 Å². The number of amides is 1. The Balaban J connectivity index is 1.48. The largest absolute Gasteiger partial charge is 0.377 e. The molecule has 1 aliphatic rings. The zero-order valence-corrected chi connectivity index (χ0v) is 18.9. The number of aryl methyl sites for hydroxylation is 1. The number of ether oxygens (including phenoxy) is 1. The van der Waals surface area contributed by atoms with Gasteiger partial charge in [0.2, 0.25) is 10.0 Å². The van der Waals surface area contributed by atoms with Crippen LogP contribution in [-0.2, 0) is 14.8 Å². The van der Waals surface area contributed by atoms with Crippen LogP contribution in [0.4, 0.5) is 5.69 Å². The second-order valence-electron chi connectivity index (χ2n) is 7.41. The van der Waals surface area contributed by atoms with Gasteiger partial charge in [0.05, 0.1) is 16.0 Å². The van der Waals surface area contributed by atoms with Gasteiger partial charge in [0.15, 0.2) is 0 Å². The Kier molecular flexibility index (Phi) is 6.61. The number of carbonyl (C=O) groups excluding carboxylic acids is 1. The lowest BCUT2D eigenvalue weighted by molar-refractivity contribution is 0.102. The smallest absolute Gasteiger partial charge is 0.261 e. The van der Waals surface area contributed by atoms with Crippen LogP contribution in [0.15, 0.2) is 57.9 Å². The van der Waals surface area contributed by atoms with E-state index in [9.17, 15) is 13.2 Å². The molecule has 0 saturated carbocycles. The second kappa shape index (κ2) is 9.41. The van der Waals surface area contributed by atoms with Gasteiger partial charge in [-0.25, -0.2) is 13.1 Å². The number of halogens is 1. The number of sulfonamides is 1. The number of nitrogens with one attached hydrogen (secondary N) is 2. The molecule has 10 heteroatoms. The van der Waals surface area contributed by atoms with Gasteiger partial charge in [-0.05, 0) is 50.1 Å². The first kappa shape index (κ1) is 22.5. The van der Waals surface area contributed by atoms with Crippen molar-refractivity contribution in [3.05, 3.63) is 64.9 Å². The van der Waals surface area contributed by atoms with Crippen LogP contribution in [0.5, 0.6) is 0 Å². The van der Waals surface area contributed by atoms with Crippen LogP contribution in [0.3, 0.4) is 0 Å². The maximum atomic E-state index is 12.9. The van der Waals surface area contributed by atoms with E-state index in [2.05, 4.69) is 15.2 Å². The normalized spacial score (nSPS) is 16.2. The second-order valence-corrected chi connectivity index (χ2v) is 9.58. The van der Waals surface area contributed by atoms with Crippen molar-refractivity contribution in [2.45, 2.75) is 30.8 Å². The van der Waals surface area contributed by atoms with Gasteiger partial charge in [-0.1, -0.05) is 35.0 Å². The molecule has 0 bridgehead atoms. The van der Waals surface area contributed by atoms with Crippen molar-refractivity contribution in [1.29, 1.82) is 0 Å². The molecule has 0 radical (unpaired) electrons. The molecule has 3 aromatic rings. The summed E-state index contributed by atoms with van der Waals surface area (Å²) in [5.74, 6) is -0.0965. The monoisotopic (exact) mass is 475 g/mol. The molecule has 2 aromatic carbocycles. The van der Waals surface area contributed by atoms with E-state index in [0.717, 1.165) is 12.8 Å². The third kappa shape index (κ3) is 4.86. The van der Waals surface area contributed by atoms with E-state index in [0.29, 0.717) is 34.3 Å². The molecule has 168 valence electrons. The molecule has 1 saturated heterocycles. The van der Waals surface area contributed by atoms with Gasteiger partial charge < -0.3 is 14.6 Å². The van der Waals surface area contributed by atoms with Crippen molar-refractivity contribution >= 4 is 33.2 Å². The number of rotatable bonds is 7. The minimum atomic E-state index is -3.67. The lowest BCUT2D eigenvalue weighted by Gasteiger charge is -2.12. The highest BCUT2D eigenvalue weighted by molar-refractivity contribution is 7.89. The molecule has 0 spiro atoms. The fraction of sp³-hybridized carbons (Fsp3) is 0.273. The Morgan fingerprint density at radius 1 is 1.19 bits per heavy atom. The summed E-state index contributed by atoms with van der Waals surface area (Å²) in [6, 6.07) is 12.9.